The molecule has 0 heterocycles. The molecule has 16 heavy (non-hydrogen) atoms. The number of nitriles is 1. The Balaban J connectivity index is 3.00. The maximum atomic E-state index is 12.2. The van der Waals surface area contributed by atoms with Crippen LogP contribution in [0, 0.1) is 11.3 Å². The van der Waals surface area contributed by atoms with E-state index >= 15 is 0 Å². The molecule has 0 aromatic heterocycles. The molecule has 0 saturated heterocycles. The summed E-state index contributed by atoms with van der Waals surface area (Å²) in [7, 11) is 0. The van der Waals surface area contributed by atoms with Gasteiger partial charge in [0.05, 0.1) is 6.07 Å². The molecule has 0 unspecified atom stereocenters. The number of hydrogen-bond acceptors (Lipinski definition) is 2. The summed E-state index contributed by atoms with van der Waals surface area (Å²) in [5.74, 6) is 0.185. The van der Waals surface area contributed by atoms with Crippen molar-refractivity contribution in [3.8, 4) is 11.8 Å². The van der Waals surface area contributed by atoms with Gasteiger partial charge in [0.15, 0.2) is 0 Å². The predicted octanol–water partition coefficient (Wildman–Crippen LogP) is 3.31. The molecule has 0 aliphatic rings. The van der Waals surface area contributed by atoms with E-state index in [0.717, 1.165) is 12.0 Å². The van der Waals surface area contributed by atoms with Crippen molar-refractivity contribution >= 4 is 0 Å². The Morgan fingerprint density at radius 1 is 1.44 bits per heavy atom. The van der Waals surface area contributed by atoms with Gasteiger partial charge < -0.3 is 4.74 Å². The van der Waals surface area contributed by atoms with E-state index < -0.39 is 6.61 Å². The van der Waals surface area contributed by atoms with Crippen molar-refractivity contribution in [1.82, 2.24) is 0 Å². The number of hydrogen-bond donors (Lipinski definition) is 0. The van der Waals surface area contributed by atoms with Crippen molar-refractivity contribution in [2.24, 2.45) is 0 Å². The van der Waals surface area contributed by atoms with Crippen LogP contribution < -0.4 is 4.74 Å². The van der Waals surface area contributed by atoms with Crippen molar-refractivity contribution < 1.29 is 13.5 Å². The molecule has 0 radical (unpaired) electrons. The number of alkyl halides is 2. The van der Waals surface area contributed by atoms with Gasteiger partial charge in [-0.3, -0.25) is 0 Å². The van der Waals surface area contributed by atoms with Gasteiger partial charge in [-0.2, -0.15) is 14.0 Å². The first kappa shape index (κ1) is 12.4. The summed E-state index contributed by atoms with van der Waals surface area (Å²) >= 11 is 0. The third kappa shape index (κ3) is 3.20. The van der Waals surface area contributed by atoms with E-state index in [1.165, 1.54) is 6.07 Å². The van der Waals surface area contributed by atoms with Crippen LogP contribution >= 0.6 is 0 Å². The van der Waals surface area contributed by atoms with Crippen molar-refractivity contribution in [2.75, 3.05) is 0 Å². The molecule has 0 spiro atoms. The number of aryl methyl sites for hydroxylation is 1. The van der Waals surface area contributed by atoms with Crippen LogP contribution in [0.5, 0.6) is 5.75 Å². The van der Waals surface area contributed by atoms with Gasteiger partial charge in [0, 0.05) is 6.42 Å². The standard InChI is InChI=1S/C12H13F2NO/c1-2-9-5-3-7-11(16-12(13)14)10(9)6-4-8-15/h3,5,7,12H,2,4,6H2,1H3. The third-order valence-electron chi connectivity index (χ3n) is 2.31. The zero-order valence-electron chi connectivity index (χ0n) is 9.04. The fraction of sp³-hybridized carbons (Fsp3) is 0.417. The zero-order valence-corrected chi connectivity index (χ0v) is 9.04. The van der Waals surface area contributed by atoms with Gasteiger partial charge in [-0.25, -0.2) is 0 Å². The monoisotopic (exact) mass is 225 g/mol. The Hall–Kier alpha value is -1.63. The van der Waals surface area contributed by atoms with Crippen LogP contribution in [0.15, 0.2) is 18.2 Å². The molecule has 1 aromatic carbocycles. The lowest BCUT2D eigenvalue weighted by Crippen LogP contribution is -2.06. The molecule has 2 nitrogen and oxygen atoms in total. The molecule has 0 saturated carbocycles. The lowest BCUT2D eigenvalue weighted by atomic mass is 10.00. The van der Waals surface area contributed by atoms with E-state index in [1.807, 2.05) is 19.1 Å². The number of nitrogens with zero attached hydrogens (tertiary/aromatic N) is 1. The number of rotatable bonds is 5. The average molecular weight is 225 g/mol. The summed E-state index contributed by atoms with van der Waals surface area (Å²) in [6.07, 6.45) is 1.49. The molecule has 0 aliphatic heterocycles. The fourth-order valence-electron chi connectivity index (χ4n) is 1.61. The van der Waals surface area contributed by atoms with E-state index in [-0.39, 0.29) is 5.75 Å². The summed E-state index contributed by atoms with van der Waals surface area (Å²) in [4.78, 5) is 0. The van der Waals surface area contributed by atoms with E-state index in [0.29, 0.717) is 18.4 Å². The smallest absolute Gasteiger partial charge is 0.387 e. The van der Waals surface area contributed by atoms with Gasteiger partial charge in [0.1, 0.15) is 5.75 Å². The molecule has 1 rings (SSSR count). The minimum absolute atomic E-state index is 0.185. The summed E-state index contributed by atoms with van der Waals surface area (Å²) in [6.45, 7) is -0.884. The Morgan fingerprint density at radius 2 is 2.19 bits per heavy atom. The van der Waals surface area contributed by atoms with Crippen molar-refractivity contribution in [1.29, 1.82) is 5.26 Å². The van der Waals surface area contributed by atoms with Gasteiger partial charge in [0.25, 0.3) is 0 Å². The third-order valence-corrected chi connectivity index (χ3v) is 2.31. The van der Waals surface area contributed by atoms with Crippen LogP contribution in [-0.4, -0.2) is 6.61 Å². The minimum atomic E-state index is -2.83. The first-order chi connectivity index (χ1) is 7.69. The normalized spacial score (nSPS) is 10.2. The number of ether oxygens (including phenoxy) is 1. The van der Waals surface area contributed by atoms with Crippen molar-refractivity contribution in [2.45, 2.75) is 32.8 Å². The number of halogens is 2. The molecular weight excluding hydrogens is 212 g/mol. The van der Waals surface area contributed by atoms with Gasteiger partial charge >= 0.3 is 6.61 Å². The largest absolute Gasteiger partial charge is 0.435 e. The Morgan fingerprint density at radius 3 is 2.75 bits per heavy atom. The summed E-state index contributed by atoms with van der Waals surface area (Å²) < 4.78 is 28.8. The molecule has 0 bridgehead atoms. The van der Waals surface area contributed by atoms with E-state index in [9.17, 15) is 8.78 Å². The van der Waals surface area contributed by atoms with Crippen LogP contribution in [0.1, 0.15) is 24.5 Å². The van der Waals surface area contributed by atoms with Crippen LogP contribution in [0.4, 0.5) is 8.78 Å². The Labute approximate surface area is 93.5 Å². The lowest BCUT2D eigenvalue weighted by Gasteiger charge is -2.13. The molecular formula is C12H13F2NO. The van der Waals surface area contributed by atoms with Gasteiger partial charge in [-0.15, -0.1) is 0 Å². The van der Waals surface area contributed by atoms with E-state index in [4.69, 9.17) is 5.26 Å². The first-order valence-electron chi connectivity index (χ1n) is 5.11. The highest BCUT2D eigenvalue weighted by molar-refractivity contribution is 5.40. The van der Waals surface area contributed by atoms with E-state index in [1.54, 1.807) is 6.07 Å². The average Bonchev–Trinajstić information content (AvgIpc) is 2.26. The second kappa shape index (κ2) is 6.06. The Kier molecular flexibility index (Phi) is 4.71. The van der Waals surface area contributed by atoms with Gasteiger partial charge in [-0.05, 0) is 30.0 Å². The summed E-state index contributed by atoms with van der Waals surface area (Å²) in [5, 5.41) is 8.52. The summed E-state index contributed by atoms with van der Waals surface area (Å²) in [6, 6.07) is 7.07. The highest BCUT2D eigenvalue weighted by Crippen LogP contribution is 2.25. The maximum absolute atomic E-state index is 12.2. The molecule has 4 heteroatoms. The fourth-order valence-corrected chi connectivity index (χ4v) is 1.61. The molecule has 1 aromatic rings. The summed E-state index contributed by atoms with van der Waals surface area (Å²) in [5.41, 5.74) is 1.67. The molecule has 86 valence electrons. The molecule has 0 atom stereocenters. The highest BCUT2D eigenvalue weighted by Gasteiger charge is 2.12. The van der Waals surface area contributed by atoms with Crippen LogP contribution in [0.3, 0.4) is 0 Å². The quantitative estimate of drug-likeness (QED) is 0.770. The van der Waals surface area contributed by atoms with Crippen LogP contribution in [-0.2, 0) is 12.8 Å². The predicted molar refractivity (Wildman–Crippen MR) is 56.4 cm³/mol. The molecule has 0 N–H and O–H groups in total. The second-order valence-corrected chi connectivity index (χ2v) is 3.28. The van der Waals surface area contributed by atoms with Gasteiger partial charge in [0.2, 0.25) is 0 Å². The zero-order chi connectivity index (χ0) is 12.0. The first-order valence-corrected chi connectivity index (χ1v) is 5.11. The van der Waals surface area contributed by atoms with Gasteiger partial charge in [-0.1, -0.05) is 19.1 Å². The minimum Gasteiger partial charge on any atom is -0.435 e. The second-order valence-electron chi connectivity index (χ2n) is 3.28. The SMILES string of the molecule is CCc1cccc(OC(F)F)c1CCC#N. The maximum Gasteiger partial charge on any atom is 0.387 e. The van der Waals surface area contributed by atoms with Crippen molar-refractivity contribution in [3.05, 3.63) is 29.3 Å². The highest BCUT2D eigenvalue weighted by atomic mass is 19.3. The van der Waals surface area contributed by atoms with Crippen molar-refractivity contribution in [3.63, 3.8) is 0 Å². The van der Waals surface area contributed by atoms with Crippen LogP contribution in [0.25, 0.3) is 0 Å². The molecule has 0 aliphatic carbocycles. The molecule has 0 fully saturated rings. The van der Waals surface area contributed by atoms with Crippen LogP contribution in [0.2, 0.25) is 0 Å². The molecule has 0 amide bonds. The lowest BCUT2D eigenvalue weighted by molar-refractivity contribution is -0.0504. The number of benzene rings is 1. The topological polar surface area (TPSA) is 33.0 Å². The van der Waals surface area contributed by atoms with E-state index in [2.05, 4.69) is 4.74 Å². The Bertz CT molecular complexity index is 385.